The number of ether oxygens (including phenoxy) is 1. The molecule has 0 fully saturated rings. The number of aliphatic hydroxyl groups excluding tert-OH is 1. The van der Waals surface area contributed by atoms with E-state index in [1.54, 1.807) is 36.4 Å². The number of anilines is 2. The Bertz CT molecular complexity index is 1820. The summed E-state index contributed by atoms with van der Waals surface area (Å²) in [5, 5.41) is 17.2. The zero-order chi connectivity index (χ0) is 32.6. The van der Waals surface area contributed by atoms with Crippen molar-refractivity contribution < 1.29 is 37.0 Å². The number of Topliss-reactive ketones (excluding diaryl/α,β-unsaturated/α-hetero) is 1. The van der Waals surface area contributed by atoms with Crippen molar-refractivity contribution in [3.05, 3.63) is 95.1 Å². The summed E-state index contributed by atoms with van der Waals surface area (Å²) in [6, 6.07) is 19.7. The first-order valence-corrected chi connectivity index (χ1v) is 17.4. The van der Waals surface area contributed by atoms with Crippen molar-refractivity contribution in [2.75, 3.05) is 16.3 Å². The molecule has 0 aromatic heterocycles. The maximum absolute atomic E-state index is 14.6. The van der Waals surface area contributed by atoms with Crippen LogP contribution in [0.2, 0.25) is 0 Å². The number of ketones is 1. The fraction of sp³-hybridized carbons (Fsp3) is 0.258. The van der Waals surface area contributed by atoms with E-state index < -0.39 is 44.0 Å². The van der Waals surface area contributed by atoms with Crippen molar-refractivity contribution in [2.24, 2.45) is 10.3 Å². The Hall–Kier alpha value is -4.37. The van der Waals surface area contributed by atoms with E-state index in [4.69, 9.17) is 4.74 Å². The van der Waals surface area contributed by atoms with Gasteiger partial charge >= 0.3 is 6.09 Å². The van der Waals surface area contributed by atoms with E-state index >= 15 is 0 Å². The third-order valence-corrected chi connectivity index (χ3v) is 9.38. The molecule has 238 valence electrons. The van der Waals surface area contributed by atoms with E-state index in [1.807, 2.05) is 32.0 Å². The van der Waals surface area contributed by atoms with Crippen molar-refractivity contribution in [3.8, 4) is 0 Å². The van der Waals surface area contributed by atoms with E-state index in [0.717, 1.165) is 11.8 Å². The summed E-state index contributed by atoms with van der Waals surface area (Å²) in [6.07, 6.45) is 0.739. The fourth-order valence-corrected chi connectivity index (χ4v) is 7.04. The molecule has 2 aliphatic rings. The quantitative estimate of drug-likeness (QED) is 0.160. The van der Waals surface area contributed by atoms with E-state index in [0.29, 0.717) is 12.0 Å². The van der Waals surface area contributed by atoms with Crippen LogP contribution < -0.4 is 15.4 Å². The minimum atomic E-state index is -3.99. The lowest BCUT2D eigenvalue weighted by molar-refractivity contribution is -0.122. The van der Waals surface area contributed by atoms with Gasteiger partial charge in [0, 0.05) is 5.56 Å². The van der Waals surface area contributed by atoms with Crippen LogP contribution in [0.4, 0.5) is 16.2 Å². The van der Waals surface area contributed by atoms with Crippen LogP contribution in [-0.4, -0.2) is 46.6 Å². The maximum Gasteiger partial charge on any atom is 0.408 e. The summed E-state index contributed by atoms with van der Waals surface area (Å²) < 4.78 is 57.4. The Morgan fingerprint density at radius 1 is 1.07 bits per heavy atom. The van der Waals surface area contributed by atoms with Gasteiger partial charge in [0.15, 0.2) is 5.84 Å². The van der Waals surface area contributed by atoms with Gasteiger partial charge in [0.1, 0.15) is 28.4 Å². The monoisotopic (exact) mass is 654 g/mol. The van der Waals surface area contributed by atoms with Crippen molar-refractivity contribution in [2.45, 2.75) is 43.7 Å². The molecule has 0 spiro atoms. The van der Waals surface area contributed by atoms with E-state index in [2.05, 4.69) is 19.8 Å². The van der Waals surface area contributed by atoms with Gasteiger partial charge in [0.05, 0.1) is 17.6 Å². The summed E-state index contributed by atoms with van der Waals surface area (Å²) in [6.45, 7) is 3.90. The first-order chi connectivity index (χ1) is 21.2. The average molecular weight is 655 g/mol. The minimum Gasteiger partial charge on any atom is -0.506 e. The predicted molar refractivity (Wildman–Crippen MR) is 174 cm³/mol. The van der Waals surface area contributed by atoms with Gasteiger partial charge < -0.3 is 20.5 Å². The van der Waals surface area contributed by atoms with Gasteiger partial charge in [-0.05, 0) is 48.1 Å². The molecule has 3 aromatic rings. The zero-order valence-corrected chi connectivity index (χ0v) is 26.4. The number of nitrogens with zero attached hydrogens (tertiary/aromatic N) is 1. The number of aliphatic hydroxyl groups is 1. The van der Waals surface area contributed by atoms with Gasteiger partial charge in [0.2, 0.25) is 15.8 Å². The Kier molecular flexibility index (Phi) is 8.68. The number of carbonyl (C=O) groups excluding carboxylic acids is 2. The molecule has 6 N–H and O–H groups in total. The number of rotatable bonds is 9. The molecule has 0 saturated carbocycles. The fourth-order valence-electron chi connectivity index (χ4n) is 5.30. The zero-order valence-electron chi connectivity index (χ0n) is 24.8. The highest BCUT2D eigenvalue weighted by Crippen LogP contribution is 2.57. The number of alkyl carbamates (subject to hydrolysis) is 1. The lowest BCUT2D eigenvalue weighted by Crippen LogP contribution is -2.56. The first-order valence-electron chi connectivity index (χ1n) is 14.0. The molecule has 5 rings (SSSR count). The molecule has 12 nitrogen and oxygen atoms in total. The minimum absolute atomic E-state index is 0.0428. The number of amides is 1. The lowest BCUT2D eigenvalue weighted by Gasteiger charge is -2.41. The second-order valence-corrected chi connectivity index (χ2v) is 14.7. The molecule has 1 unspecified atom stereocenters. The lowest BCUT2D eigenvalue weighted by atomic mass is 9.71. The summed E-state index contributed by atoms with van der Waals surface area (Å²) >= 11 is 0. The molecule has 1 aliphatic carbocycles. The molecule has 14 heteroatoms. The summed E-state index contributed by atoms with van der Waals surface area (Å²) in [5.74, 6) is -1.38. The second kappa shape index (κ2) is 12.2. The van der Waals surface area contributed by atoms with Crippen LogP contribution >= 0.6 is 10.8 Å². The molecular formula is C31H34N4O8S2. The van der Waals surface area contributed by atoms with E-state index in [9.17, 15) is 32.2 Å². The van der Waals surface area contributed by atoms with Crippen LogP contribution in [0.3, 0.4) is 0 Å². The van der Waals surface area contributed by atoms with Crippen LogP contribution in [0.25, 0.3) is 5.76 Å². The summed E-state index contributed by atoms with van der Waals surface area (Å²) in [4.78, 5) is 27.8. The Balaban J connectivity index is 1.58. The van der Waals surface area contributed by atoms with E-state index in [-0.39, 0.29) is 52.2 Å². The molecule has 0 radical (unpaired) electrons. The Morgan fingerprint density at radius 2 is 1.76 bits per heavy atom. The van der Waals surface area contributed by atoms with Crippen molar-refractivity contribution in [3.63, 3.8) is 0 Å². The number of carbonyl (C=O) groups is 2. The number of hydrogen-bond donors (Lipinski definition) is 6. The predicted octanol–water partition coefficient (Wildman–Crippen LogP) is 6.02. The number of amidine groups is 1. The molecule has 1 aliphatic heterocycles. The topological polar surface area (TPSA) is 187 Å². The highest BCUT2D eigenvalue weighted by Gasteiger charge is 2.51. The SMILES string of the molecule is CC(C)CCC1(NC(=O)OCc2ccccc2)C(=O)C(C2=NS(O)(O)c3cc(NS(C)(=O)=O)ccc3N2)=C(O)c2ccccc21. The standard InChI is InChI=1S/C31H34N4O8S2/c1-19(2)15-16-31(33-30(38)43-18-20-9-5-4-6-10-20)23-12-8-7-11-22(23)27(36)26(28(31)37)29-32-24-14-13-21(34-44(3,39)40)17-25(24)45(41,42)35-29/h4-14,17,19,34,36,41-42H,15-16,18H2,1-3H3,(H,32,35)(H,33,38). The normalized spacial score (nSPS) is 19.5. The summed E-state index contributed by atoms with van der Waals surface area (Å²) in [5.41, 5.74) is -0.498. The maximum atomic E-state index is 14.6. The highest BCUT2D eigenvalue weighted by molar-refractivity contribution is 8.23. The molecule has 45 heavy (non-hydrogen) atoms. The largest absolute Gasteiger partial charge is 0.506 e. The first kappa shape index (κ1) is 32.0. The molecule has 0 bridgehead atoms. The third-order valence-electron chi connectivity index (χ3n) is 7.41. The average Bonchev–Trinajstić information content (AvgIpc) is 2.97. The molecule has 1 amide bonds. The number of sulfonamides is 1. The molecule has 3 aromatic carbocycles. The van der Waals surface area contributed by atoms with Crippen LogP contribution in [-0.2, 0) is 31.7 Å². The number of fused-ring (bicyclic) bond motifs is 2. The van der Waals surface area contributed by atoms with Crippen LogP contribution in [0.15, 0.2) is 87.7 Å². The number of hydrogen-bond acceptors (Lipinski definition) is 10. The number of nitrogens with one attached hydrogen (secondary N) is 3. The Labute approximate surface area is 262 Å². The van der Waals surface area contributed by atoms with Crippen LogP contribution in [0, 0.1) is 5.92 Å². The van der Waals surface area contributed by atoms with Gasteiger partial charge in [-0.3, -0.25) is 18.6 Å². The van der Waals surface area contributed by atoms with Gasteiger partial charge in [0.25, 0.3) is 0 Å². The van der Waals surface area contributed by atoms with Gasteiger partial charge in [-0.15, -0.1) is 4.40 Å². The molecular weight excluding hydrogens is 620 g/mol. The van der Waals surface area contributed by atoms with Crippen LogP contribution in [0.5, 0.6) is 0 Å². The van der Waals surface area contributed by atoms with Gasteiger partial charge in [-0.25, -0.2) is 13.2 Å². The van der Waals surface area contributed by atoms with Crippen molar-refractivity contribution in [1.82, 2.24) is 5.32 Å². The molecule has 0 saturated heterocycles. The Morgan fingerprint density at radius 3 is 2.44 bits per heavy atom. The van der Waals surface area contributed by atoms with Gasteiger partial charge in [-0.1, -0.05) is 79.2 Å². The highest BCUT2D eigenvalue weighted by atomic mass is 32.3. The van der Waals surface area contributed by atoms with Crippen LogP contribution in [0.1, 0.15) is 43.4 Å². The second-order valence-electron chi connectivity index (χ2n) is 11.3. The summed E-state index contributed by atoms with van der Waals surface area (Å²) in [7, 11) is -7.64. The van der Waals surface area contributed by atoms with Gasteiger partial charge in [-0.2, -0.15) is 0 Å². The smallest absolute Gasteiger partial charge is 0.408 e. The number of benzene rings is 3. The van der Waals surface area contributed by atoms with E-state index in [1.165, 1.54) is 18.2 Å². The molecule has 1 heterocycles. The van der Waals surface area contributed by atoms with Crippen molar-refractivity contribution >= 4 is 55.6 Å². The third kappa shape index (κ3) is 6.68. The van der Waals surface area contributed by atoms with Crippen molar-refractivity contribution in [1.29, 1.82) is 0 Å². The molecule has 1 atom stereocenters.